The molecule has 8 heteroatoms. The molecule has 28 heavy (non-hydrogen) atoms. The fraction of sp³-hybridized carbons (Fsp3) is 0.250. The van der Waals surface area contributed by atoms with E-state index in [9.17, 15) is 14.0 Å². The Hall–Kier alpha value is -3.42. The third kappa shape index (κ3) is 3.06. The summed E-state index contributed by atoms with van der Waals surface area (Å²) in [6, 6.07) is 10.9. The monoisotopic (exact) mass is 382 g/mol. The molecule has 2 N–H and O–H groups in total. The van der Waals surface area contributed by atoms with Gasteiger partial charge in [-0.2, -0.15) is 5.10 Å². The Balaban J connectivity index is 1.69. The van der Waals surface area contributed by atoms with Gasteiger partial charge in [0.2, 0.25) is 5.91 Å². The number of aromatic nitrogens is 2. The molecule has 2 atom stereocenters. The number of anilines is 1. The summed E-state index contributed by atoms with van der Waals surface area (Å²) >= 11 is 0. The van der Waals surface area contributed by atoms with Crippen LogP contribution in [0.5, 0.6) is 0 Å². The highest BCUT2D eigenvalue weighted by Crippen LogP contribution is 2.31. The maximum atomic E-state index is 13.2. The lowest BCUT2D eigenvalue weighted by atomic mass is 10.1. The molecule has 1 aliphatic rings. The Labute approximate surface area is 160 Å². The van der Waals surface area contributed by atoms with E-state index in [0.29, 0.717) is 12.1 Å². The first-order chi connectivity index (χ1) is 13.5. The van der Waals surface area contributed by atoms with Gasteiger partial charge in [0.25, 0.3) is 0 Å². The molecule has 0 saturated carbocycles. The van der Waals surface area contributed by atoms with Crippen LogP contribution in [0.3, 0.4) is 0 Å². The molecular formula is C20H19FN4O3. The van der Waals surface area contributed by atoms with Crippen LogP contribution in [-0.2, 0) is 4.79 Å². The van der Waals surface area contributed by atoms with Crippen LogP contribution in [0.4, 0.5) is 14.9 Å². The van der Waals surface area contributed by atoms with Crippen molar-refractivity contribution in [1.82, 2.24) is 15.1 Å². The molecule has 1 aromatic heterocycles. The molecule has 2 amide bonds. The summed E-state index contributed by atoms with van der Waals surface area (Å²) in [7, 11) is 0. The maximum Gasteiger partial charge on any atom is 0.404 e. The number of nitrogens with one attached hydrogen (secondary N) is 1. The van der Waals surface area contributed by atoms with E-state index < -0.39 is 12.1 Å². The van der Waals surface area contributed by atoms with Crippen molar-refractivity contribution in [2.45, 2.75) is 31.8 Å². The highest BCUT2D eigenvalue weighted by atomic mass is 19.1. The number of benzene rings is 2. The van der Waals surface area contributed by atoms with Crippen molar-refractivity contribution in [3.63, 3.8) is 0 Å². The Morgan fingerprint density at radius 3 is 2.64 bits per heavy atom. The first-order valence-electron chi connectivity index (χ1n) is 9.03. The van der Waals surface area contributed by atoms with E-state index in [1.165, 1.54) is 12.1 Å². The molecule has 0 bridgehead atoms. The van der Waals surface area contributed by atoms with Crippen LogP contribution in [-0.4, -0.2) is 39.0 Å². The zero-order chi connectivity index (χ0) is 19.8. The minimum atomic E-state index is -1.13. The quantitative estimate of drug-likeness (QED) is 0.725. The Morgan fingerprint density at radius 2 is 1.96 bits per heavy atom. The Morgan fingerprint density at radius 1 is 1.25 bits per heavy atom. The Kier molecular flexibility index (Phi) is 4.46. The van der Waals surface area contributed by atoms with Crippen molar-refractivity contribution in [3.05, 3.63) is 54.5 Å². The van der Waals surface area contributed by atoms with Gasteiger partial charge in [-0.1, -0.05) is 6.92 Å². The number of rotatable bonds is 4. The Bertz CT molecular complexity index is 1050. The normalized spacial score (nSPS) is 19.4. The first kappa shape index (κ1) is 18.0. The molecule has 0 radical (unpaired) electrons. The van der Waals surface area contributed by atoms with Crippen LogP contribution in [0.2, 0.25) is 0 Å². The van der Waals surface area contributed by atoms with Gasteiger partial charge < -0.3 is 15.3 Å². The topological polar surface area (TPSA) is 87.5 Å². The number of halogens is 1. The second kappa shape index (κ2) is 6.95. The lowest BCUT2D eigenvalue weighted by Gasteiger charge is -2.27. The van der Waals surface area contributed by atoms with Crippen LogP contribution in [0.15, 0.2) is 48.7 Å². The standard InChI is InChI=1S/C20H19FN4O3/c1-2-17-16(23-20(27)28)10-19(26)24(17)15-7-8-18-12(9-15)11-22-25(18)14-5-3-13(21)4-6-14/h3-9,11,16-17,23H,2,10H2,1H3,(H,27,28)/t16-,17+/m1/s1. The van der Waals surface area contributed by atoms with Crippen molar-refractivity contribution >= 4 is 28.6 Å². The second-order valence-electron chi connectivity index (χ2n) is 6.78. The summed E-state index contributed by atoms with van der Waals surface area (Å²) in [5, 5.41) is 16.7. The molecule has 0 spiro atoms. The minimum Gasteiger partial charge on any atom is -0.465 e. The average molecular weight is 382 g/mol. The average Bonchev–Trinajstić information content (AvgIpc) is 3.21. The second-order valence-corrected chi connectivity index (χ2v) is 6.78. The molecule has 2 aromatic carbocycles. The van der Waals surface area contributed by atoms with E-state index in [0.717, 1.165) is 16.6 Å². The highest BCUT2D eigenvalue weighted by molar-refractivity contribution is 5.99. The summed E-state index contributed by atoms with van der Waals surface area (Å²) in [5.41, 5.74) is 2.27. The predicted molar refractivity (Wildman–Crippen MR) is 102 cm³/mol. The number of nitrogens with zero attached hydrogens (tertiary/aromatic N) is 3. The molecule has 7 nitrogen and oxygen atoms in total. The molecule has 4 rings (SSSR count). The summed E-state index contributed by atoms with van der Waals surface area (Å²) in [4.78, 5) is 25.3. The van der Waals surface area contributed by atoms with Gasteiger partial charge in [-0.3, -0.25) is 4.79 Å². The summed E-state index contributed by atoms with van der Waals surface area (Å²) in [6.45, 7) is 1.93. The molecule has 3 aromatic rings. The van der Waals surface area contributed by atoms with Gasteiger partial charge in [-0.05, 0) is 48.9 Å². The minimum absolute atomic E-state index is 0.115. The molecule has 2 heterocycles. The fourth-order valence-electron chi connectivity index (χ4n) is 3.85. The van der Waals surface area contributed by atoms with E-state index in [1.54, 1.807) is 27.9 Å². The number of hydrogen-bond acceptors (Lipinski definition) is 3. The lowest BCUT2D eigenvalue weighted by molar-refractivity contribution is -0.117. The molecule has 0 unspecified atom stereocenters. The molecule has 1 saturated heterocycles. The van der Waals surface area contributed by atoms with Gasteiger partial charge in [0.1, 0.15) is 5.82 Å². The van der Waals surface area contributed by atoms with Gasteiger partial charge in [-0.25, -0.2) is 13.9 Å². The van der Waals surface area contributed by atoms with E-state index >= 15 is 0 Å². The molecule has 144 valence electrons. The SMILES string of the molecule is CC[C@H]1[C@H](NC(=O)O)CC(=O)N1c1ccc2c(cnn2-c2ccc(F)cc2)c1. The van der Waals surface area contributed by atoms with Crippen molar-refractivity contribution < 1.29 is 19.1 Å². The summed E-state index contributed by atoms with van der Waals surface area (Å²) in [5.74, 6) is -0.430. The van der Waals surface area contributed by atoms with E-state index in [2.05, 4.69) is 10.4 Å². The van der Waals surface area contributed by atoms with Crippen LogP contribution < -0.4 is 10.2 Å². The zero-order valence-corrected chi connectivity index (χ0v) is 15.2. The number of hydrogen-bond donors (Lipinski definition) is 2. The van der Waals surface area contributed by atoms with Crippen LogP contribution >= 0.6 is 0 Å². The van der Waals surface area contributed by atoms with Gasteiger partial charge in [0.05, 0.1) is 29.5 Å². The van der Waals surface area contributed by atoms with Crippen LogP contribution in [0.25, 0.3) is 16.6 Å². The van der Waals surface area contributed by atoms with Crippen molar-refractivity contribution in [3.8, 4) is 5.69 Å². The largest absolute Gasteiger partial charge is 0.465 e. The predicted octanol–water partition coefficient (Wildman–Crippen LogP) is 3.32. The summed E-state index contributed by atoms with van der Waals surface area (Å²) in [6.07, 6.45) is 1.33. The lowest BCUT2D eigenvalue weighted by Crippen LogP contribution is -2.44. The van der Waals surface area contributed by atoms with E-state index in [-0.39, 0.29) is 24.2 Å². The van der Waals surface area contributed by atoms with Crippen LogP contribution in [0.1, 0.15) is 19.8 Å². The third-order valence-corrected chi connectivity index (χ3v) is 5.09. The van der Waals surface area contributed by atoms with Gasteiger partial charge in [0.15, 0.2) is 0 Å². The number of amides is 2. The van der Waals surface area contributed by atoms with E-state index in [1.807, 2.05) is 25.1 Å². The molecule has 1 fully saturated rings. The fourth-order valence-corrected chi connectivity index (χ4v) is 3.85. The van der Waals surface area contributed by atoms with Crippen LogP contribution in [0, 0.1) is 5.82 Å². The van der Waals surface area contributed by atoms with Crippen molar-refractivity contribution in [2.24, 2.45) is 0 Å². The third-order valence-electron chi connectivity index (χ3n) is 5.09. The first-order valence-corrected chi connectivity index (χ1v) is 9.03. The summed E-state index contributed by atoms with van der Waals surface area (Å²) < 4.78 is 14.9. The number of fused-ring (bicyclic) bond motifs is 1. The van der Waals surface area contributed by atoms with Gasteiger partial charge in [-0.15, -0.1) is 0 Å². The van der Waals surface area contributed by atoms with Gasteiger partial charge >= 0.3 is 6.09 Å². The molecular weight excluding hydrogens is 363 g/mol. The van der Waals surface area contributed by atoms with Gasteiger partial charge in [0, 0.05) is 17.5 Å². The molecule has 0 aliphatic carbocycles. The maximum absolute atomic E-state index is 13.2. The number of carbonyl (C=O) groups is 2. The van der Waals surface area contributed by atoms with Crippen molar-refractivity contribution in [1.29, 1.82) is 0 Å². The number of carbonyl (C=O) groups excluding carboxylic acids is 1. The van der Waals surface area contributed by atoms with Crippen molar-refractivity contribution in [2.75, 3.05) is 4.90 Å². The zero-order valence-electron chi connectivity index (χ0n) is 15.2. The molecule has 1 aliphatic heterocycles. The number of carboxylic acid groups (broad SMARTS) is 1. The highest BCUT2D eigenvalue weighted by Gasteiger charge is 2.40. The smallest absolute Gasteiger partial charge is 0.404 e. The van der Waals surface area contributed by atoms with E-state index in [4.69, 9.17) is 5.11 Å².